The Bertz CT molecular complexity index is 196. The molecule has 4 heteroatoms. The Morgan fingerprint density at radius 3 is 1.50 bits per heavy atom. The fourth-order valence-corrected chi connectivity index (χ4v) is 1.54. The third-order valence-corrected chi connectivity index (χ3v) is 3.32. The van der Waals surface area contributed by atoms with Gasteiger partial charge in [-0.05, 0) is 26.7 Å². The van der Waals surface area contributed by atoms with Gasteiger partial charge in [0.1, 0.15) is 11.2 Å². The van der Waals surface area contributed by atoms with Gasteiger partial charge in [-0.1, -0.05) is 0 Å². The molecule has 0 unspecified atom stereocenters. The van der Waals surface area contributed by atoms with Crippen molar-refractivity contribution in [3.63, 3.8) is 0 Å². The first-order valence-corrected chi connectivity index (χ1v) is 5.10. The maximum atomic E-state index is 9.71. The van der Waals surface area contributed by atoms with Gasteiger partial charge in [0.15, 0.2) is 0 Å². The Labute approximate surface area is 83.8 Å². The molecular formula is C10H18O4. The van der Waals surface area contributed by atoms with Crippen molar-refractivity contribution in [2.75, 3.05) is 13.2 Å². The zero-order valence-corrected chi connectivity index (χ0v) is 8.69. The summed E-state index contributed by atoms with van der Waals surface area (Å²) in [5.41, 5.74) is -0.712. The van der Waals surface area contributed by atoms with E-state index in [1.54, 1.807) is 0 Å². The van der Waals surface area contributed by atoms with Gasteiger partial charge >= 0.3 is 0 Å². The first-order chi connectivity index (χ1) is 6.46. The summed E-state index contributed by atoms with van der Waals surface area (Å²) in [5.74, 6) is 0. The molecule has 0 radical (unpaired) electrons. The van der Waals surface area contributed by atoms with Gasteiger partial charge in [-0.25, -0.2) is 0 Å². The van der Waals surface area contributed by atoms with Gasteiger partial charge < -0.3 is 19.7 Å². The highest BCUT2D eigenvalue weighted by atomic mass is 16.6. The van der Waals surface area contributed by atoms with Crippen molar-refractivity contribution >= 4 is 0 Å². The number of aliphatic hydroxyl groups is 2. The minimum atomic E-state index is -0.473. The van der Waals surface area contributed by atoms with E-state index in [2.05, 4.69) is 0 Å². The molecule has 0 aromatic rings. The van der Waals surface area contributed by atoms with E-state index in [-0.39, 0.29) is 11.2 Å². The van der Waals surface area contributed by atoms with E-state index in [1.165, 1.54) is 0 Å². The van der Waals surface area contributed by atoms with Crippen LogP contribution in [0.5, 0.6) is 0 Å². The molecule has 4 nitrogen and oxygen atoms in total. The lowest BCUT2D eigenvalue weighted by molar-refractivity contribution is 0.0356. The highest BCUT2D eigenvalue weighted by molar-refractivity contribution is 4.97. The topological polar surface area (TPSA) is 65.5 Å². The summed E-state index contributed by atoms with van der Waals surface area (Å²) in [6.07, 6.45) is 0.187. The van der Waals surface area contributed by atoms with E-state index in [0.29, 0.717) is 26.1 Å². The first-order valence-electron chi connectivity index (χ1n) is 5.10. The second-order valence-electron chi connectivity index (χ2n) is 4.81. The number of hydrogen-bond donors (Lipinski definition) is 2. The minimum absolute atomic E-state index is 0.356. The summed E-state index contributed by atoms with van der Waals surface area (Å²) >= 11 is 0. The van der Waals surface area contributed by atoms with Crippen molar-refractivity contribution in [1.29, 1.82) is 0 Å². The van der Waals surface area contributed by atoms with Crippen molar-refractivity contribution in [3.05, 3.63) is 0 Å². The van der Waals surface area contributed by atoms with Crippen molar-refractivity contribution in [2.45, 2.75) is 50.1 Å². The van der Waals surface area contributed by atoms with E-state index in [9.17, 15) is 10.2 Å². The predicted molar refractivity (Wildman–Crippen MR) is 50.0 cm³/mol. The van der Waals surface area contributed by atoms with Crippen molar-refractivity contribution in [3.8, 4) is 0 Å². The molecule has 4 atom stereocenters. The van der Waals surface area contributed by atoms with E-state index in [4.69, 9.17) is 9.47 Å². The SMILES string of the molecule is C[C@@]1([C@H](O)CC[C@@H](O)[C@]2(C)CO2)CO1. The van der Waals surface area contributed by atoms with E-state index < -0.39 is 12.2 Å². The Morgan fingerprint density at radius 2 is 1.29 bits per heavy atom. The van der Waals surface area contributed by atoms with Gasteiger partial charge in [0.2, 0.25) is 0 Å². The molecule has 0 aromatic carbocycles. The summed E-state index contributed by atoms with van der Waals surface area (Å²) in [5, 5.41) is 19.4. The molecule has 2 N–H and O–H groups in total. The summed E-state index contributed by atoms with van der Waals surface area (Å²) in [7, 11) is 0. The van der Waals surface area contributed by atoms with Crippen LogP contribution in [0.15, 0.2) is 0 Å². The summed E-state index contributed by atoms with van der Waals surface area (Å²) in [4.78, 5) is 0. The van der Waals surface area contributed by atoms with Crippen LogP contribution < -0.4 is 0 Å². The fraction of sp³-hybridized carbons (Fsp3) is 1.00. The zero-order chi connectivity index (χ0) is 10.4. The second kappa shape index (κ2) is 3.17. The third kappa shape index (κ3) is 1.93. The Kier molecular flexibility index (Phi) is 2.34. The molecule has 0 aliphatic carbocycles. The Balaban J connectivity index is 1.71. The van der Waals surface area contributed by atoms with E-state index in [0.717, 1.165) is 0 Å². The molecule has 2 aliphatic rings. The fourth-order valence-electron chi connectivity index (χ4n) is 1.54. The number of epoxide rings is 2. The van der Waals surface area contributed by atoms with Crippen molar-refractivity contribution in [1.82, 2.24) is 0 Å². The molecule has 2 rings (SSSR count). The maximum absolute atomic E-state index is 9.71. The normalized spacial score (nSPS) is 44.6. The van der Waals surface area contributed by atoms with Gasteiger partial charge in [-0.15, -0.1) is 0 Å². The molecule has 2 aliphatic heterocycles. The standard InChI is InChI=1S/C10H18O4/c1-9(5-13-9)7(11)3-4-8(12)10(2)6-14-10/h7-8,11-12H,3-6H2,1-2H3/t7-,8-,9+,10+/m1/s1. The molecule has 0 spiro atoms. The minimum Gasteiger partial charge on any atom is -0.390 e. The average Bonchev–Trinajstić information content (AvgIpc) is 3.02. The monoisotopic (exact) mass is 202 g/mol. The van der Waals surface area contributed by atoms with Crippen LogP contribution in [-0.4, -0.2) is 46.8 Å². The van der Waals surface area contributed by atoms with Crippen LogP contribution in [0.1, 0.15) is 26.7 Å². The van der Waals surface area contributed by atoms with Crippen LogP contribution in [0, 0.1) is 0 Å². The number of rotatable bonds is 5. The van der Waals surface area contributed by atoms with Crippen molar-refractivity contribution in [2.24, 2.45) is 0 Å². The largest absolute Gasteiger partial charge is 0.390 e. The zero-order valence-electron chi connectivity index (χ0n) is 8.69. The van der Waals surface area contributed by atoms with Gasteiger partial charge in [-0.2, -0.15) is 0 Å². The van der Waals surface area contributed by atoms with Crippen LogP contribution in [0.4, 0.5) is 0 Å². The molecule has 0 amide bonds. The third-order valence-electron chi connectivity index (χ3n) is 3.32. The molecule has 14 heavy (non-hydrogen) atoms. The first kappa shape index (κ1) is 10.4. The van der Waals surface area contributed by atoms with E-state index in [1.807, 2.05) is 13.8 Å². The van der Waals surface area contributed by atoms with Crippen LogP contribution in [0.2, 0.25) is 0 Å². The molecule has 2 saturated heterocycles. The molecule has 0 bridgehead atoms. The van der Waals surface area contributed by atoms with Gasteiger partial charge in [0.05, 0.1) is 25.4 Å². The summed E-state index contributed by atoms with van der Waals surface area (Å²) in [6, 6.07) is 0. The average molecular weight is 202 g/mol. The lowest BCUT2D eigenvalue weighted by Gasteiger charge is -2.18. The molecule has 82 valence electrons. The second-order valence-corrected chi connectivity index (χ2v) is 4.81. The quantitative estimate of drug-likeness (QED) is 0.619. The molecule has 2 heterocycles. The Morgan fingerprint density at radius 1 is 1.00 bits per heavy atom. The number of ether oxygens (including phenoxy) is 2. The number of hydrogen-bond acceptors (Lipinski definition) is 4. The van der Waals surface area contributed by atoms with Crippen molar-refractivity contribution < 1.29 is 19.7 Å². The van der Waals surface area contributed by atoms with Gasteiger partial charge in [-0.3, -0.25) is 0 Å². The van der Waals surface area contributed by atoms with Gasteiger partial charge in [0.25, 0.3) is 0 Å². The Hall–Kier alpha value is -0.160. The van der Waals surface area contributed by atoms with Crippen LogP contribution in [0.25, 0.3) is 0 Å². The highest BCUT2D eigenvalue weighted by Crippen LogP contribution is 2.36. The highest BCUT2D eigenvalue weighted by Gasteiger charge is 2.49. The van der Waals surface area contributed by atoms with Crippen LogP contribution in [-0.2, 0) is 9.47 Å². The maximum Gasteiger partial charge on any atom is 0.115 e. The predicted octanol–water partition coefficient (Wildman–Crippen LogP) is 0.0662. The molecule has 0 saturated carbocycles. The molecule has 2 fully saturated rings. The lowest BCUT2D eigenvalue weighted by atomic mass is 9.95. The van der Waals surface area contributed by atoms with Crippen LogP contribution >= 0.6 is 0 Å². The molecular weight excluding hydrogens is 184 g/mol. The number of aliphatic hydroxyl groups excluding tert-OH is 2. The summed E-state index contributed by atoms with van der Waals surface area (Å²) < 4.78 is 10.3. The van der Waals surface area contributed by atoms with Crippen LogP contribution in [0.3, 0.4) is 0 Å². The summed E-state index contributed by atoms with van der Waals surface area (Å²) in [6.45, 7) is 5.02. The lowest BCUT2D eigenvalue weighted by Crippen LogP contribution is -2.31. The molecule has 0 aromatic heterocycles. The smallest absolute Gasteiger partial charge is 0.115 e. The van der Waals surface area contributed by atoms with Gasteiger partial charge in [0, 0.05) is 0 Å². The van der Waals surface area contributed by atoms with E-state index >= 15 is 0 Å².